The number of aromatic nitrogens is 1. The fraction of sp³-hybridized carbons (Fsp3) is 0. The molecule has 0 bridgehead atoms. The second kappa shape index (κ2) is 6.36. The molecule has 3 rings (SSSR count). The van der Waals surface area contributed by atoms with Gasteiger partial charge >= 0.3 is 0 Å². The molecule has 0 aliphatic carbocycles. The second-order valence-corrected chi connectivity index (χ2v) is 4.45. The maximum atomic E-state index is 8.64. The van der Waals surface area contributed by atoms with Crippen molar-refractivity contribution in [1.82, 2.24) is 4.98 Å². The number of hydrogen-bond donors (Lipinski definition) is 0. The summed E-state index contributed by atoms with van der Waals surface area (Å²) in [5.41, 5.74) is 19.9. The zero-order valence-electron chi connectivity index (χ0n) is 11.7. The van der Waals surface area contributed by atoms with Crippen molar-refractivity contribution >= 4 is 11.4 Å². The quantitative estimate of drug-likeness (QED) is 0.338. The van der Waals surface area contributed by atoms with Gasteiger partial charge in [0.25, 0.3) is 0 Å². The molecule has 0 aliphatic heterocycles. The average Bonchev–Trinajstić information content (AvgIpc) is 3.06. The van der Waals surface area contributed by atoms with Crippen LogP contribution in [0.1, 0.15) is 0 Å². The lowest BCUT2D eigenvalue weighted by atomic mass is 10.1. The lowest BCUT2D eigenvalue weighted by molar-refractivity contribution is 0.575. The zero-order valence-corrected chi connectivity index (χ0v) is 11.7. The van der Waals surface area contributed by atoms with Crippen LogP contribution in [0.4, 0.5) is 11.4 Å². The first-order valence-corrected chi connectivity index (χ1v) is 6.58. The molecule has 0 spiro atoms. The van der Waals surface area contributed by atoms with Crippen molar-refractivity contribution in [1.29, 1.82) is 0 Å². The van der Waals surface area contributed by atoms with Crippen molar-refractivity contribution < 1.29 is 4.42 Å². The van der Waals surface area contributed by atoms with E-state index in [0.717, 1.165) is 0 Å². The molecule has 0 amide bonds. The molecule has 0 N–H and O–H groups in total. The normalized spacial score (nSPS) is 9.74. The van der Waals surface area contributed by atoms with Crippen LogP contribution in [0.5, 0.6) is 0 Å². The highest BCUT2D eigenvalue weighted by atomic mass is 16.3. The van der Waals surface area contributed by atoms with Crippen LogP contribution in [-0.2, 0) is 0 Å². The van der Waals surface area contributed by atoms with Crippen LogP contribution in [0.2, 0.25) is 0 Å². The number of hydrogen-bond acceptors (Lipinski definition) is 4. The van der Waals surface area contributed by atoms with Crippen LogP contribution < -0.4 is 0 Å². The Morgan fingerprint density at radius 2 is 1.39 bits per heavy atom. The monoisotopic (exact) mass is 303 g/mol. The van der Waals surface area contributed by atoms with Gasteiger partial charge in [-0.1, -0.05) is 52.7 Å². The molecule has 0 fully saturated rings. The summed E-state index contributed by atoms with van der Waals surface area (Å²) < 4.78 is 5.50. The van der Waals surface area contributed by atoms with E-state index in [9.17, 15) is 0 Å². The summed E-state index contributed by atoms with van der Waals surface area (Å²) in [4.78, 5) is 10.0. The van der Waals surface area contributed by atoms with E-state index in [1.807, 2.05) is 6.07 Å². The molecule has 3 aromatic rings. The SMILES string of the molecule is [N-]=[N+]=Nc1ccccc1-c1coc(-c2ccccc2N=[N+]=[N-])n1. The molecule has 0 saturated heterocycles. The lowest BCUT2D eigenvalue weighted by Gasteiger charge is -2.00. The van der Waals surface area contributed by atoms with E-state index < -0.39 is 0 Å². The number of oxazole rings is 1. The van der Waals surface area contributed by atoms with Crippen LogP contribution in [0.3, 0.4) is 0 Å². The van der Waals surface area contributed by atoms with E-state index in [0.29, 0.717) is 34.1 Å². The van der Waals surface area contributed by atoms with Crippen molar-refractivity contribution in [2.45, 2.75) is 0 Å². The molecule has 2 aromatic carbocycles. The highest BCUT2D eigenvalue weighted by Crippen LogP contribution is 2.34. The van der Waals surface area contributed by atoms with Gasteiger partial charge in [-0.15, -0.1) is 0 Å². The van der Waals surface area contributed by atoms with Gasteiger partial charge in [0.15, 0.2) is 0 Å². The van der Waals surface area contributed by atoms with E-state index in [-0.39, 0.29) is 0 Å². The fourth-order valence-corrected chi connectivity index (χ4v) is 2.14. The molecular formula is C15H9N7O. The smallest absolute Gasteiger partial charge is 0.226 e. The predicted octanol–water partition coefficient (Wildman–Crippen LogP) is 5.89. The van der Waals surface area contributed by atoms with Crippen molar-refractivity contribution in [3.8, 4) is 22.7 Å². The number of benzene rings is 2. The van der Waals surface area contributed by atoms with Gasteiger partial charge in [0.1, 0.15) is 12.0 Å². The Kier molecular flexibility index (Phi) is 3.93. The van der Waals surface area contributed by atoms with Gasteiger partial charge in [0.05, 0.1) is 5.69 Å². The van der Waals surface area contributed by atoms with Gasteiger partial charge in [-0.25, -0.2) is 4.98 Å². The molecule has 8 nitrogen and oxygen atoms in total. The molecule has 1 heterocycles. The number of rotatable bonds is 4. The Balaban J connectivity index is 2.09. The molecule has 0 radical (unpaired) electrons. The van der Waals surface area contributed by atoms with Crippen LogP contribution >= 0.6 is 0 Å². The summed E-state index contributed by atoms with van der Waals surface area (Å²) >= 11 is 0. The predicted molar refractivity (Wildman–Crippen MR) is 85.0 cm³/mol. The minimum absolute atomic E-state index is 0.318. The Bertz CT molecular complexity index is 874. The van der Waals surface area contributed by atoms with Crippen molar-refractivity contribution in [2.75, 3.05) is 0 Å². The topological polar surface area (TPSA) is 124 Å². The standard InChI is InChI=1S/C15H9N7O/c16-21-19-12-7-3-1-5-10(12)14-9-23-15(18-14)11-6-2-4-8-13(11)20-22-17/h1-9H. The second-order valence-electron chi connectivity index (χ2n) is 4.45. The first-order chi connectivity index (χ1) is 11.3. The van der Waals surface area contributed by atoms with E-state index in [1.54, 1.807) is 42.5 Å². The third-order valence-corrected chi connectivity index (χ3v) is 3.12. The summed E-state index contributed by atoms with van der Waals surface area (Å²) in [6.45, 7) is 0. The Morgan fingerprint density at radius 1 is 0.826 bits per heavy atom. The van der Waals surface area contributed by atoms with Crippen LogP contribution in [0, 0.1) is 0 Å². The summed E-state index contributed by atoms with van der Waals surface area (Å²) in [5, 5.41) is 7.27. The first-order valence-electron chi connectivity index (χ1n) is 6.58. The zero-order chi connectivity index (χ0) is 16.1. The summed E-state index contributed by atoms with van der Waals surface area (Å²) in [7, 11) is 0. The average molecular weight is 303 g/mol. The Labute approximate surface area is 130 Å². The minimum atomic E-state index is 0.318. The van der Waals surface area contributed by atoms with E-state index >= 15 is 0 Å². The van der Waals surface area contributed by atoms with Crippen LogP contribution in [0.15, 0.2) is 69.4 Å². The van der Waals surface area contributed by atoms with E-state index in [2.05, 4.69) is 25.0 Å². The van der Waals surface area contributed by atoms with Crippen molar-refractivity contribution in [3.63, 3.8) is 0 Å². The molecule has 8 heteroatoms. The van der Waals surface area contributed by atoms with Gasteiger partial charge in [-0.2, -0.15) is 0 Å². The number of azide groups is 2. The molecule has 0 unspecified atom stereocenters. The highest BCUT2D eigenvalue weighted by Gasteiger charge is 2.13. The maximum absolute atomic E-state index is 8.64. The van der Waals surface area contributed by atoms with Gasteiger partial charge in [0, 0.05) is 26.6 Å². The van der Waals surface area contributed by atoms with Gasteiger partial charge in [-0.3, -0.25) is 0 Å². The Morgan fingerprint density at radius 3 is 2.04 bits per heavy atom. The van der Waals surface area contributed by atoms with E-state index in [4.69, 9.17) is 15.5 Å². The third kappa shape index (κ3) is 2.84. The first kappa shape index (κ1) is 14.2. The van der Waals surface area contributed by atoms with Crippen LogP contribution in [-0.4, -0.2) is 4.98 Å². The van der Waals surface area contributed by atoms with E-state index in [1.165, 1.54) is 6.26 Å². The minimum Gasteiger partial charge on any atom is -0.444 e. The molecule has 0 atom stereocenters. The van der Waals surface area contributed by atoms with Gasteiger partial charge < -0.3 is 4.42 Å². The van der Waals surface area contributed by atoms with Crippen molar-refractivity contribution in [3.05, 3.63) is 75.7 Å². The molecule has 110 valence electrons. The van der Waals surface area contributed by atoms with Crippen molar-refractivity contribution in [2.24, 2.45) is 10.2 Å². The molecule has 23 heavy (non-hydrogen) atoms. The van der Waals surface area contributed by atoms with Gasteiger partial charge in [-0.05, 0) is 17.1 Å². The summed E-state index contributed by atoms with van der Waals surface area (Å²) in [5.74, 6) is 0.318. The molecule has 0 saturated carbocycles. The summed E-state index contributed by atoms with van der Waals surface area (Å²) in [6, 6.07) is 14.0. The fourth-order valence-electron chi connectivity index (χ4n) is 2.14. The highest BCUT2D eigenvalue weighted by molar-refractivity contribution is 5.76. The molecule has 0 aliphatic rings. The third-order valence-electron chi connectivity index (χ3n) is 3.12. The largest absolute Gasteiger partial charge is 0.444 e. The molecule has 1 aromatic heterocycles. The summed E-state index contributed by atoms with van der Waals surface area (Å²) in [6.07, 6.45) is 1.47. The lowest BCUT2D eigenvalue weighted by Crippen LogP contribution is -1.81. The molecular weight excluding hydrogens is 294 g/mol. The van der Waals surface area contributed by atoms with Crippen LogP contribution in [0.25, 0.3) is 43.6 Å². The number of nitrogens with zero attached hydrogens (tertiary/aromatic N) is 7. The maximum Gasteiger partial charge on any atom is 0.226 e. The Hall–Kier alpha value is -3.73. The van der Waals surface area contributed by atoms with Gasteiger partial charge in [0.2, 0.25) is 5.89 Å².